The summed E-state index contributed by atoms with van der Waals surface area (Å²) in [7, 11) is 1.82. The van der Waals surface area contributed by atoms with E-state index in [2.05, 4.69) is 59.1 Å². The normalized spacial score (nSPS) is 17.0. The van der Waals surface area contributed by atoms with Crippen molar-refractivity contribution in [2.75, 3.05) is 57.8 Å². The Morgan fingerprint density at radius 3 is 2.67 bits per heavy atom. The molecule has 1 unspecified atom stereocenters. The van der Waals surface area contributed by atoms with Crippen molar-refractivity contribution in [3.05, 3.63) is 40.8 Å². The van der Waals surface area contributed by atoms with Crippen LogP contribution in [0.25, 0.3) is 0 Å². The number of piperazine rings is 1. The Hall–Kier alpha value is -2.19. The van der Waals surface area contributed by atoms with Gasteiger partial charge in [-0.15, -0.1) is 0 Å². The van der Waals surface area contributed by atoms with Gasteiger partial charge in [0.05, 0.1) is 0 Å². The van der Waals surface area contributed by atoms with Crippen molar-refractivity contribution in [3.8, 4) is 0 Å². The van der Waals surface area contributed by atoms with Gasteiger partial charge in [0.2, 0.25) is 5.95 Å². The summed E-state index contributed by atoms with van der Waals surface area (Å²) in [6, 6.07) is 4.04. The van der Waals surface area contributed by atoms with Crippen molar-refractivity contribution in [1.29, 1.82) is 0 Å². The van der Waals surface area contributed by atoms with Crippen molar-refractivity contribution in [3.63, 3.8) is 0 Å². The van der Waals surface area contributed by atoms with E-state index in [-0.39, 0.29) is 0 Å². The van der Waals surface area contributed by atoms with E-state index in [4.69, 9.17) is 0 Å². The van der Waals surface area contributed by atoms with Crippen LogP contribution in [0, 0.1) is 0 Å². The number of hydrogen-bond donors (Lipinski definition) is 2. The summed E-state index contributed by atoms with van der Waals surface area (Å²) in [5, 5.41) is 11.2. The van der Waals surface area contributed by atoms with E-state index >= 15 is 0 Å². The first-order valence-corrected chi connectivity index (χ1v) is 10.4. The molecule has 0 bridgehead atoms. The first-order valence-electron chi connectivity index (χ1n) is 9.47. The third-order valence-corrected chi connectivity index (χ3v) is 5.54. The minimum atomic E-state index is 0.475. The van der Waals surface area contributed by atoms with E-state index < -0.39 is 0 Å². The number of guanidine groups is 1. The molecule has 3 heterocycles. The third kappa shape index (κ3) is 5.90. The fourth-order valence-corrected chi connectivity index (χ4v) is 3.88. The van der Waals surface area contributed by atoms with E-state index in [1.165, 1.54) is 5.56 Å². The highest BCUT2D eigenvalue weighted by atomic mass is 32.1. The second kappa shape index (κ2) is 10.2. The lowest BCUT2D eigenvalue weighted by molar-refractivity contribution is 0.260. The monoisotopic (exact) mass is 387 g/mol. The Kier molecular flexibility index (Phi) is 7.41. The van der Waals surface area contributed by atoms with Gasteiger partial charge in [-0.3, -0.25) is 9.89 Å². The second-order valence-electron chi connectivity index (χ2n) is 6.72. The van der Waals surface area contributed by atoms with Gasteiger partial charge in [-0.05, 0) is 34.4 Å². The lowest BCUT2D eigenvalue weighted by Crippen LogP contribution is -2.49. The molecule has 7 nitrogen and oxygen atoms in total. The summed E-state index contributed by atoms with van der Waals surface area (Å²) >= 11 is 1.75. The molecule has 1 atom stereocenters. The van der Waals surface area contributed by atoms with Crippen LogP contribution < -0.4 is 15.5 Å². The first-order chi connectivity index (χ1) is 13.3. The molecule has 8 heteroatoms. The molecular formula is C19H29N7S. The average Bonchev–Trinajstić information content (AvgIpc) is 3.26. The van der Waals surface area contributed by atoms with Crippen LogP contribution in [-0.2, 0) is 0 Å². The van der Waals surface area contributed by atoms with Crippen LogP contribution in [0.2, 0.25) is 0 Å². The fourth-order valence-electron chi connectivity index (χ4n) is 3.10. The maximum Gasteiger partial charge on any atom is 0.225 e. The maximum atomic E-state index is 4.34. The van der Waals surface area contributed by atoms with E-state index in [9.17, 15) is 0 Å². The number of aliphatic imine (C=N–C) groups is 1. The van der Waals surface area contributed by atoms with Gasteiger partial charge in [0.1, 0.15) is 0 Å². The highest BCUT2D eigenvalue weighted by molar-refractivity contribution is 7.07. The molecule has 2 aromatic rings. The molecule has 0 aromatic carbocycles. The molecule has 0 radical (unpaired) electrons. The number of thiophene rings is 1. The molecule has 3 rings (SSSR count). The highest BCUT2D eigenvalue weighted by Crippen LogP contribution is 2.16. The fraction of sp³-hybridized carbons (Fsp3) is 0.526. The van der Waals surface area contributed by atoms with Gasteiger partial charge in [0.25, 0.3) is 0 Å². The predicted molar refractivity (Wildman–Crippen MR) is 113 cm³/mol. The molecule has 1 saturated heterocycles. The molecular weight excluding hydrogens is 358 g/mol. The molecule has 0 saturated carbocycles. The summed E-state index contributed by atoms with van der Waals surface area (Å²) in [6.07, 6.45) is 3.60. The van der Waals surface area contributed by atoms with Crippen LogP contribution in [0.15, 0.2) is 40.3 Å². The van der Waals surface area contributed by atoms with Crippen LogP contribution >= 0.6 is 11.3 Å². The van der Waals surface area contributed by atoms with Crippen LogP contribution in [0.1, 0.15) is 18.4 Å². The average molecular weight is 388 g/mol. The topological polar surface area (TPSA) is 68.7 Å². The Balaban J connectivity index is 1.33. The third-order valence-electron chi connectivity index (χ3n) is 4.84. The van der Waals surface area contributed by atoms with Crippen molar-refractivity contribution in [2.45, 2.75) is 12.8 Å². The quantitative estimate of drug-likeness (QED) is 0.556. The van der Waals surface area contributed by atoms with Crippen molar-refractivity contribution in [1.82, 2.24) is 25.5 Å². The van der Waals surface area contributed by atoms with E-state index in [1.54, 1.807) is 23.7 Å². The second-order valence-corrected chi connectivity index (χ2v) is 7.50. The predicted octanol–water partition coefficient (Wildman–Crippen LogP) is 1.63. The van der Waals surface area contributed by atoms with Crippen LogP contribution in [-0.4, -0.2) is 73.7 Å². The standard InChI is InChI=1S/C19H29N7S/c1-16(17-4-13-27-15-17)14-24-18(20-2)21-7-8-25-9-11-26(12-10-25)19-22-5-3-6-23-19/h3-6,13,15-16H,7-12,14H2,1-2H3,(H2,20,21,24). The zero-order valence-corrected chi connectivity index (χ0v) is 17.0. The van der Waals surface area contributed by atoms with Crippen LogP contribution in [0.5, 0.6) is 0 Å². The summed E-state index contributed by atoms with van der Waals surface area (Å²) < 4.78 is 0. The Morgan fingerprint density at radius 2 is 2.00 bits per heavy atom. The lowest BCUT2D eigenvalue weighted by Gasteiger charge is -2.34. The minimum Gasteiger partial charge on any atom is -0.356 e. The number of nitrogens with one attached hydrogen (secondary N) is 2. The number of aromatic nitrogens is 2. The van der Waals surface area contributed by atoms with Crippen molar-refractivity contribution >= 4 is 23.2 Å². The van der Waals surface area contributed by atoms with Crippen molar-refractivity contribution in [2.24, 2.45) is 4.99 Å². The number of anilines is 1. The highest BCUT2D eigenvalue weighted by Gasteiger charge is 2.18. The number of hydrogen-bond acceptors (Lipinski definition) is 6. The van der Waals surface area contributed by atoms with Gasteiger partial charge >= 0.3 is 0 Å². The molecule has 2 N–H and O–H groups in total. The first kappa shape index (κ1) is 19.6. The van der Waals surface area contributed by atoms with Gasteiger partial charge in [0, 0.05) is 65.3 Å². The van der Waals surface area contributed by atoms with Gasteiger partial charge in [-0.1, -0.05) is 6.92 Å². The summed E-state index contributed by atoms with van der Waals surface area (Å²) in [4.78, 5) is 17.7. The summed E-state index contributed by atoms with van der Waals surface area (Å²) in [6.45, 7) is 9.00. The van der Waals surface area contributed by atoms with Gasteiger partial charge in [-0.25, -0.2) is 9.97 Å². The molecule has 27 heavy (non-hydrogen) atoms. The lowest BCUT2D eigenvalue weighted by atomic mass is 10.1. The van der Waals surface area contributed by atoms with Crippen molar-refractivity contribution < 1.29 is 0 Å². The molecule has 0 aliphatic carbocycles. The molecule has 0 spiro atoms. The maximum absolute atomic E-state index is 4.34. The van der Waals surface area contributed by atoms with Crippen LogP contribution in [0.3, 0.4) is 0 Å². The number of nitrogens with zero attached hydrogens (tertiary/aromatic N) is 5. The van der Waals surface area contributed by atoms with Gasteiger partial charge < -0.3 is 15.5 Å². The van der Waals surface area contributed by atoms with E-state index in [0.717, 1.165) is 57.7 Å². The molecule has 0 amide bonds. The smallest absolute Gasteiger partial charge is 0.225 e. The molecule has 1 aliphatic rings. The zero-order chi connectivity index (χ0) is 18.9. The Morgan fingerprint density at radius 1 is 1.22 bits per heavy atom. The van der Waals surface area contributed by atoms with E-state index in [1.807, 2.05) is 13.1 Å². The molecule has 1 fully saturated rings. The van der Waals surface area contributed by atoms with E-state index in [0.29, 0.717) is 5.92 Å². The summed E-state index contributed by atoms with van der Waals surface area (Å²) in [5.41, 5.74) is 1.38. The Labute approximate surface area is 165 Å². The molecule has 146 valence electrons. The SMILES string of the molecule is CN=C(NCCN1CCN(c2ncccn2)CC1)NCC(C)c1ccsc1. The largest absolute Gasteiger partial charge is 0.356 e. The zero-order valence-electron chi connectivity index (χ0n) is 16.1. The summed E-state index contributed by atoms with van der Waals surface area (Å²) in [5.74, 6) is 2.18. The van der Waals surface area contributed by atoms with Gasteiger partial charge in [0.15, 0.2) is 5.96 Å². The minimum absolute atomic E-state index is 0.475. The van der Waals surface area contributed by atoms with Crippen LogP contribution in [0.4, 0.5) is 5.95 Å². The number of rotatable bonds is 7. The van der Waals surface area contributed by atoms with Gasteiger partial charge in [-0.2, -0.15) is 11.3 Å². The Bertz CT molecular complexity index is 681. The molecule has 1 aliphatic heterocycles. The molecule has 2 aromatic heterocycles.